The van der Waals surface area contributed by atoms with Crippen LogP contribution in [-0.4, -0.2) is 52.2 Å². The number of ether oxygens (including phenoxy) is 2. The number of likely N-dealkylation sites (tertiary alicyclic amines) is 1. The quantitative estimate of drug-likeness (QED) is 0.845. The van der Waals surface area contributed by atoms with Crippen molar-refractivity contribution in [2.75, 3.05) is 19.7 Å². The molecule has 2 aliphatic heterocycles. The third kappa shape index (κ3) is 2.79. The second-order valence-corrected chi connectivity index (χ2v) is 6.61. The lowest BCUT2D eigenvalue weighted by atomic mass is 9.89. The van der Waals surface area contributed by atoms with Gasteiger partial charge in [-0.15, -0.1) is 0 Å². The number of aromatic nitrogens is 2. The first-order valence-electron chi connectivity index (χ1n) is 8.11. The van der Waals surface area contributed by atoms with Crippen LogP contribution in [0.3, 0.4) is 0 Å². The number of carbonyl (C=O) groups excluding carboxylic acids is 1. The molecule has 3 heterocycles. The fourth-order valence-electron chi connectivity index (χ4n) is 3.53. The molecule has 0 radical (unpaired) electrons. The average molecular weight is 303 g/mol. The molecule has 0 unspecified atom stereocenters. The summed E-state index contributed by atoms with van der Waals surface area (Å²) in [5.41, 5.74) is -0.234. The summed E-state index contributed by atoms with van der Waals surface area (Å²) in [4.78, 5) is 22.5. The molecule has 6 heteroatoms. The second-order valence-electron chi connectivity index (χ2n) is 6.61. The van der Waals surface area contributed by atoms with Crippen molar-refractivity contribution < 1.29 is 14.3 Å². The molecule has 0 N–H and O–H groups in total. The zero-order valence-corrected chi connectivity index (χ0v) is 12.6. The van der Waals surface area contributed by atoms with E-state index in [0.717, 1.165) is 38.6 Å². The summed E-state index contributed by atoms with van der Waals surface area (Å²) in [6, 6.07) is 2.16. The van der Waals surface area contributed by atoms with Gasteiger partial charge in [-0.05, 0) is 31.7 Å². The predicted molar refractivity (Wildman–Crippen MR) is 78.3 cm³/mol. The van der Waals surface area contributed by atoms with Crippen molar-refractivity contribution in [3.63, 3.8) is 0 Å². The van der Waals surface area contributed by atoms with Crippen LogP contribution in [0.15, 0.2) is 18.5 Å². The number of carbonyl (C=O) groups is 1. The predicted octanol–water partition coefficient (Wildman–Crippen LogP) is 1.42. The van der Waals surface area contributed by atoms with Gasteiger partial charge in [-0.2, -0.15) is 0 Å². The molecule has 0 bridgehead atoms. The van der Waals surface area contributed by atoms with Crippen molar-refractivity contribution >= 4 is 5.91 Å². The monoisotopic (exact) mass is 303 g/mol. The Labute approximate surface area is 129 Å². The highest BCUT2D eigenvalue weighted by atomic mass is 16.6. The average Bonchev–Trinajstić information content (AvgIpc) is 3.33. The number of nitrogens with zero attached hydrogens (tertiary/aromatic N) is 3. The van der Waals surface area contributed by atoms with Gasteiger partial charge in [-0.25, -0.2) is 9.97 Å². The van der Waals surface area contributed by atoms with E-state index in [1.165, 1.54) is 0 Å². The smallest absolute Gasteiger partial charge is 0.316 e. The summed E-state index contributed by atoms with van der Waals surface area (Å²) in [7, 11) is 0. The molecule has 3 aliphatic rings. The highest BCUT2D eigenvalue weighted by Gasteiger charge is 2.47. The maximum absolute atomic E-state index is 12.3. The van der Waals surface area contributed by atoms with E-state index in [4.69, 9.17) is 9.47 Å². The summed E-state index contributed by atoms with van der Waals surface area (Å²) in [5.74, 6) is 0.597. The zero-order chi connectivity index (χ0) is 15.0. The summed E-state index contributed by atoms with van der Waals surface area (Å²) in [6.45, 7) is 2.12. The van der Waals surface area contributed by atoms with Crippen LogP contribution >= 0.6 is 0 Å². The molecule has 2 saturated heterocycles. The molecule has 3 fully saturated rings. The molecule has 2 atom stereocenters. The Morgan fingerprint density at radius 1 is 1.36 bits per heavy atom. The molecule has 0 aromatic carbocycles. The molecule has 1 spiro atoms. The van der Waals surface area contributed by atoms with Gasteiger partial charge >= 0.3 is 6.01 Å². The van der Waals surface area contributed by atoms with Gasteiger partial charge in [0.2, 0.25) is 5.91 Å². The SMILES string of the molecule is O=C(C1CC1)N1CCC[C@]2(C[C@H](Oc3ncccn3)CO2)C1. The van der Waals surface area contributed by atoms with Crippen LogP contribution in [0, 0.1) is 5.92 Å². The standard InChI is InChI=1S/C16H21N3O3/c20-14(12-3-4-12)19-8-1-5-16(11-19)9-13(10-21-16)22-15-17-6-2-7-18-15/h2,6-7,12-13H,1,3-5,8-11H2/t13-,16-/m0/s1. The first kappa shape index (κ1) is 13.9. The van der Waals surface area contributed by atoms with Crippen LogP contribution in [0.4, 0.5) is 0 Å². The van der Waals surface area contributed by atoms with E-state index in [1.54, 1.807) is 18.5 Å². The van der Waals surface area contributed by atoms with Gasteiger partial charge in [0.15, 0.2) is 0 Å². The van der Waals surface area contributed by atoms with Gasteiger partial charge in [0.05, 0.1) is 12.2 Å². The maximum atomic E-state index is 12.3. The second kappa shape index (κ2) is 5.50. The van der Waals surface area contributed by atoms with Gasteiger partial charge in [-0.1, -0.05) is 0 Å². The van der Waals surface area contributed by atoms with E-state index >= 15 is 0 Å². The lowest BCUT2D eigenvalue weighted by Gasteiger charge is -2.39. The largest absolute Gasteiger partial charge is 0.458 e. The first-order chi connectivity index (χ1) is 10.7. The zero-order valence-electron chi connectivity index (χ0n) is 12.6. The van der Waals surface area contributed by atoms with Crippen LogP contribution in [0.5, 0.6) is 6.01 Å². The van der Waals surface area contributed by atoms with E-state index in [1.807, 2.05) is 4.90 Å². The molecule has 22 heavy (non-hydrogen) atoms. The Morgan fingerprint density at radius 2 is 2.18 bits per heavy atom. The van der Waals surface area contributed by atoms with Gasteiger partial charge < -0.3 is 14.4 Å². The molecule has 118 valence electrons. The van der Waals surface area contributed by atoms with Crippen LogP contribution in [-0.2, 0) is 9.53 Å². The summed E-state index contributed by atoms with van der Waals surface area (Å²) < 4.78 is 11.9. The van der Waals surface area contributed by atoms with Crippen molar-refractivity contribution in [3.05, 3.63) is 18.5 Å². The molecule has 1 amide bonds. The minimum absolute atomic E-state index is 0.0293. The van der Waals surface area contributed by atoms with E-state index < -0.39 is 0 Å². The molecule has 1 aliphatic carbocycles. The van der Waals surface area contributed by atoms with E-state index in [2.05, 4.69) is 9.97 Å². The summed E-state index contributed by atoms with van der Waals surface area (Å²) in [6.07, 6.45) is 8.23. The van der Waals surface area contributed by atoms with Crippen LogP contribution in [0.2, 0.25) is 0 Å². The highest BCUT2D eigenvalue weighted by molar-refractivity contribution is 5.81. The molecule has 1 aromatic rings. The Bertz CT molecular complexity index is 549. The van der Waals surface area contributed by atoms with E-state index in [-0.39, 0.29) is 17.6 Å². The lowest BCUT2D eigenvalue weighted by molar-refractivity contribution is -0.140. The minimum Gasteiger partial charge on any atom is -0.458 e. The van der Waals surface area contributed by atoms with Crippen molar-refractivity contribution in [2.45, 2.75) is 43.8 Å². The molecule has 1 aromatic heterocycles. The third-order valence-corrected chi connectivity index (χ3v) is 4.77. The van der Waals surface area contributed by atoms with Crippen molar-refractivity contribution in [1.29, 1.82) is 0 Å². The van der Waals surface area contributed by atoms with Crippen LogP contribution in [0.1, 0.15) is 32.1 Å². The van der Waals surface area contributed by atoms with E-state index in [9.17, 15) is 4.79 Å². The molecule has 4 rings (SSSR count). The molecular formula is C16H21N3O3. The molecule has 6 nitrogen and oxygen atoms in total. The van der Waals surface area contributed by atoms with Crippen molar-refractivity contribution in [2.24, 2.45) is 5.92 Å². The summed E-state index contributed by atoms with van der Waals surface area (Å²) in [5, 5.41) is 0. The third-order valence-electron chi connectivity index (χ3n) is 4.77. The fraction of sp³-hybridized carbons (Fsp3) is 0.688. The maximum Gasteiger partial charge on any atom is 0.316 e. The van der Waals surface area contributed by atoms with Gasteiger partial charge in [0.25, 0.3) is 0 Å². The number of rotatable bonds is 3. The Morgan fingerprint density at radius 3 is 2.95 bits per heavy atom. The Balaban J connectivity index is 1.39. The fourth-order valence-corrected chi connectivity index (χ4v) is 3.53. The number of amides is 1. The molecular weight excluding hydrogens is 282 g/mol. The Kier molecular flexibility index (Phi) is 3.48. The normalized spacial score (nSPS) is 31.5. The first-order valence-corrected chi connectivity index (χ1v) is 8.11. The van der Waals surface area contributed by atoms with Crippen LogP contribution < -0.4 is 4.74 Å². The van der Waals surface area contributed by atoms with Crippen molar-refractivity contribution in [1.82, 2.24) is 14.9 Å². The highest BCUT2D eigenvalue weighted by Crippen LogP contribution is 2.38. The van der Waals surface area contributed by atoms with Gasteiger partial charge in [-0.3, -0.25) is 4.79 Å². The lowest BCUT2D eigenvalue weighted by Crippen LogP contribution is -2.50. The number of hydrogen-bond acceptors (Lipinski definition) is 5. The van der Waals surface area contributed by atoms with E-state index in [0.29, 0.717) is 25.1 Å². The summed E-state index contributed by atoms with van der Waals surface area (Å²) >= 11 is 0. The topological polar surface area (TPSA) is 64.6 Å². The van der Waals surface area contributed by atoms with Gasteiger partial charge in [0, 0.05) is 37.8 Å². The number of piperidine rings is 1. The molecule has 1 saturated carbocycles. The minimum atomic E-state index is -0.234. The number of hydrogen-bond donors (Lipinski definition) is 0. The Hall–Kier alpha value is -1.69. The van der Waals surface area contributed by atoms with Gasteiger partial charge in [0.1, 0.15) is 6.10 Å². The van der Waals surface area contributed by atoms with Crippen molar-refractivity contribution in [3.8, 4) is 6.01 Å². The van der Waals surface area contributed by atoms with Crippen LogP contribution in [0.25, 0.3) is 0 Å².